The minimum atomic E-state index is -0.479. The Kier molecular flexibility index (Phi) is 3.30. The molecule has 1 aromatic heterocycles. The normalized spacial score (nSPS) is 19.0. The van der Waals surface area contributed by atoms with Crippen LogP contribution in [0.2, 0.25) is 0 Å². The highest BCUT2D eigenvalue weighted by Crippen LogP contribution is 2.29. The lowest BCUT2D eigenvalue weighted by molar-refractivity contribution is -0.383. The van der Waals surface area contributed by atoms with Crippen molar-refractivity contribution < 1.29 is 4.92 Å². The number of hydrogen-bond donors (Lipinski definition) is 2. The molecule has 0 spiro atoms. The van der Waals surface area contributed by atoms with Gasteiger partial charge in [0.15, 0.2) is 0 Å². The van der Waals surface area contributed by atoms with Crippen LogP contribution < -0.4 is 10.9 Å². The molecule has 2 N–H and O–H groups in total. The Labute approximate surface area is 119 Å². The summed E-state index contributed by atoms with van der Waals surface area (Å²) >= 11 is 0. The van der Waals surface area contributed by atoms with E-state index in [1.54, 1.807) is 6.07 Å². The molecular weight excluding hydrogens is 274 g/mol. The van der Waals surface area contributed by atoms with Gasteiger partial charge in [0.25, 0.3) is 11.2 Å². The van der Waals surface area contributed by atoms with E-state index in [2.05, 4.69) is 20.2 Å². The third-order valence-electron chi connectivity index (χ3n) is 3.71. The molecule has 8 nitrogen and oxygen atoms in total. The second-order valence-electron chi connectivity index (χ2n) is 5.27. The van der Waals surface area contributed by atoms with Gasteiger partial charge in [0.1, 0.15) is 5.69 Å². The molecule has 8 heteroatoms. The maximum atomic E-state index is 11.7. The average Bonchev–Trinajstić information content (AvgIpc) is 2.83. The lowest BCUT2D eigenvalue weighted by Gasteiger charge is -2.14. The van der Waals surface area contributed by atoms with E-state index in [0.29, 0.717) is 11.2 Å². The van der Waals surface area contributed by atoms with Gasteiger partial charge in [0.2, 0.25) is 0 Å². The fraction of sp³-hybridized carbons (Fsp3) is 0.385. The van der Waals surface area contributed by atoms with Crippen LogP contribution >= 0.6 is 0 Å². The molecule has 2 aromatic rings. The highest BCUT2D eigenvalue weighted by molar-refractivity contribution is 5.86. The van der Waals surface area contributed by atoms with Gasteiger partial charge in [-0.1, -0.05) is 0 Å². The zero-order valence-electron chi connectivity index (χ0n) is 11.5. The molecule has 1 atom stereocenters. The van der Waals surface area contributed by atoms with Gasteiger partial charge in [-0.25, -0.2) is 4.98 Å². The summed E-state index contributed by atoms with van der Waals surface area (Å²) in [5.74, 6) is 0. The van der Waals surface area contributed by atoms with Gasteiger partial charge in [-0.05, 0) is 26.1 Å². The number of H-pyrrole nitrogens is 1. The Balaban J connectivity index is 2.05. The van der Waals surface area contributed by atoms with Crippen LogP contribution in [0.4, 0.5) is 11.4 Å². The predicted molar refractivity (Wildman–Crippen MR) is 78.5 cm³/mol. The number of nitrogens with zero attached hydrogens (tertiary/aromatic N) is 3. The summed E-state index contributed by atoms with van der Waals surface area (Å²) in [5.41, 5.74) is 0.370. The molecule has 1 aliphatic heterocycles. The number of likely N-dealkylation sites (N-methyl/N-ethyl adjacent to an activating group) is 1. The van der Waals surface area contributed by atoms with Crippen LogP contribution in [-0.4, -0.2) is 46.0 Å². The first-order valence-corrected chi connectivity index (χ1v) is 6.65. The van der Waals surface area contributed by atoms with E-state index in [9.17, 15) is 14.9 Å². The van der Waals surface area contributed by atoms with E-state index in [1.807, 2.05) is 7.05 Å². The van der Waals surface area contributed by atoms with Crippen molar-refractivity contribution in [2.24, 2.45) is 0 Å². The zero-order valence-corrected chi connectivity index (χ0v) is 11.5. The molecule has 3 rings (SSSR count). The Morgan fingerprint density at radius 3 is 3.00 bits per heavy atom. The lowest BCUT2D eigenvalue weighted by Crippen LogP contribution is -2.24. The van der Waals surface area contributed by atoms with Crippen molar-refractivity contribution >= 4 is 22.3 Å². The van der Waals surface area contributed by atoms with E-state index in [0.717, 1.165) is 19.5 Å². The molecule has 0 saturated carbocycles. The Morgan fingerprint density at radius 1 is 1.52 bits per heavy atom. The second kappa shape index (κ2) is 5.13. The number of aromatic nitrogens is 2. The number of rotatable bonds is 3. The molecule has 1 aliphatic rings. The van der Waals surface area contributed by atoms with Gasteiger partial charge in [-0.15, -0.1) is 0 Å². The van der Waals surface area contributed by atoms with Crippen LogP contribution in [0.25, 0.3) is 10.9 Å². The summed E-state index contributed by atoms with van der Waals surface area (Å²) in [7, 11) is 2.01. The molecule has 1 aromatic carbocycles. The fourth-order valence-electron chi connectivity index (χ4n) is 2.64. The van der Waals surface area contributed by atoms with E-state index in [4.69, 9.17) is 0 Å². The number of nitro groups is 1. The van der Waals surface area contributed by atoms with Crippen LogP contribution in [0.15, 0.2) is 23.3 Å². The van der Waals surface area contributed by atoms with Crippen molar-refractivity contribution in [3.05, 3.63) is 38.9 Å². The van der Waals surface area contributed by atoms with Crippen molar-refractivity contribution in [1.82, 2.24) is 14.9 Å². The number of aromatic amines is 1. The first kappa shape index (κ1) is 13.5. The largest absolute Gasteiger partial charge is 0.375 e. The number of likely N-dealkylation sites (tertiary alicyclic amines) is 1. The summed E-state index contributed by atoms with van der Waals surface area (Å²) in [6.07, 6.45) is 2.22. The zero-order chi connectivity index (χ0) is 15.0. The number of nitrogens with one attached hydrogen (secondary N) is 2. The lowest BCUT2D eigenvalue weighted by atomic mass is 10.1. The molecule has 0 amide bonds. The van der Waals surface area contributed by atoms with Crippen molar-refractivity contribution in [1.29, 1.82) is 0 Å². The van der Waals surface area contributed by atoms with Crippen LogP contribution in [0, 0.1) is 10.1 Å². The maximum absolute atomic E-state index is 11.7. The van der Waals surface area contributed by atoms with Gasteiger partial charge in [-0.3, -0.25) is 14.9 Å². The van der Waals surface area contributed by atoms with Crippen LogP contribution in [-0.2, 0) is 0 Å². The van der Waals surface area contributed by atoms with Crippen LogP contribution in [0.1, 0.15) is 6.42 Å². The van der Waals surface area contributed by atoms with Crippen molar-refractivity contribution in [2.45, 2.75) is 12.5 Å². The highest BCUT2D eigenvalue weighted by atomic mass is 16.6. The van der Waals surface area contributed by atoms with Gasteiger partial charge in [-0.2, -0.15) is 0 Å². The number of benzene rings is 1. The smallest absolute Gasteiger partial charge is 0.293 e. The third-order valence-corrected chi connectivity index (χ3v) is 3.71. The summed E-state index contributed by atoms with van der Waals surface area (Å²) in [4.78, 5) is 31.1. The summed E-state index contributed by atoms with van der Waals surface area (Å²) in [6, 6.07) is 3.01. The predicted octanol–water partition coefficient (Wildman–Crippen LogP) is 0.947. The standard InChI is InChI=1S/C13H15N5O3/c1-17-3-2-8(6-17)16-11-5-10-9(4-12(11)18(20)21)13(19)15-7-14-10/h4-5,7-8,16H,2-3,6H2,1H3,(H,14,15,19). The molecule has 0 bridgehead atoms. The number of nitro benzene ring substituents is 1. The topological polar surface area (TPSA) is 104 Å². The molecule has 1 fully saturated rings. The molecule has 2 heterocycles. The van der Waals surface area contributed by atoms with Gasteiger partial charge in [0, 0.05) is 18.7 Å². The van der Waals surface area contributed by atoms with E-state index in [1.165, 1.54) is 12.4 Å². The quantitative estimate of drug-likeness (QED) is 0.644. The highest BCUT2D eigenvalue weighted by Gasteiger charge is 2.23. The molecule has 21 heavy (non-hydrogen) atoms. The molecule has 1 unspecified atom stereocenters. The SMILES string of the molecule is CN1CCC(Nc2cc3nc[nH]c(=O)c3cc2[N+](=O)[O-])C1. The summed E-state index contributed by atoms with van der Waals surface area (Å²) in [6.45, 7) is 1.79. The maximum Gasteiger partial charge on any atom is 0.293 e. The van der Waals surface area contributed by atoms with Crippen molar-refractivity contribution in [3.8, 4) is 0 Å². The third kappa shape index (κ3) is 2.57. The minimum absolute atomic E-state index is 0.101. The van der Waals surface area contributed by atoms with Gasteiger partial charge < -0.3 is 15.2 Å². The average molecular weight is 289 g/mol. The van der Waals surface area contributed by atoms with E-state index < -0.39 is 4.92 Å². The fourth-order valence-corrected chi connectivity index (χ4v) is 2.64. The first-order chi connectivity index (χ1) is 10.0. The summed E-state index contributed by atoms with van der Waals surface area (Å²) in [5, 5.41) is 14.7. The molecule has 1 saturated heterocycles. The Hall–Kier alpha value is -2.48. The molecular formula is C13H15N5O3. The first-order valence-electron chi connectivity index (χ1n) is 6.65. The molecule has 0 radical (unpaired) electrons. The Bertz CT molecular complexity index is 757. The monoisotopic (exact) mass is 289 g/mol. The van der Waals surface area contributed by atoms with Crippen molar-refractivity contribution in [3.63, 3.8) is 0 Å². The number of hydrogen-bond acceptors (Lipinski definition) is 6. The second-order valence-corrected chi connectivity index (χ2v) is 5.27. The number of anilines is 1. The summed E-state index contributed by atoms with van der Waals surface area (Å²) < 4.78 is 0. The molecule has 0 aliphatic carbocycles. The Morgan fingerprint density at radius 2 is 2.33 bits per heavy atom. The van der Waals surface area contributed by atoms with E-state index in [-0.39, 0.29) is 22.7 Å². The van der Waals surface area contributed by atoms with Crippen LogP contribution in [0.3, 0.4) is 0 Å². The van der Waals surface area contributed by atoms with Crippen molar-refractivity contribution in [2.75, 3.05) is 25.5 Å². The van der Waals surface area contributed by atoms with E-state index >= 15 is 0 Å². The van der Waals surface area contributed by atoms with Crippen LogP contribution in [0.5, 0.6) is 0 Å². The minimum Gasteiger partial charge on any atom is -0.375 e. The number of fused-ring (bicyclic) bond motifs is 1. The molecule has 110 valence electrons. The van der Waals surface area contributed by atoms with Gasteiger partial charge in [0.05, 0.1) is 22.2 Å². The van der Waals surface area contributed by atoms with Gasteiger partial charge >= 0.3 is 0 Å².